The van der Waals surface area contributed by atoms with E-state index in [0.717, 1.165) is 26.1 Å². The Bertz CT molecular complexity index is 753. The molecule has 2 fully saturated rings. The van der Waals surface area contributed by atoms with E-state index >= 15 is 0 Å². The molecular formula is C20H31N3O3S. The van der Waals surface area contributed by atoms with Crippen molar-refractivity contribution in [1.82, 2.24) is 14.1 Å². The highest BCUT2D eigenvalue weighted by atomic mass is 32.2. The van der Waals surface area contributed by atoms with Crippen molar-refractivity contribution in [2.75, 3.05) is 39.0 Å². The molecule has 2 aliphatic rings. The molecule has 1 amide bonds. The third-order valence-corrected chi connectivity index (χ3v) is 6.94. The lowest BCUT2D eigenvalue weighted by molar-refractivity contribution is -0.136. The summed E-state index contributed by atoms with van der Waals surface area (Å²) in [7, 11) is -3.32. The monoisotopic (exact) mass is 393 g/mol. The summed E-state index contributed by atoms with van der Waals surface area (Å²) in [6, 6.07) is 8.26. The second-order valence-corrected chi connectivity index (χ2v) is 9.96. The average molecular weight is 394 g/mol. The van der Waals surface area contributed by atoms with E-state index in [1.54, 1.807) is 0 Å². The fourth-order valence-corrected chi connectivity index (χ4v) is 5.11. The number of piperazine rings is 1. The number of sulfonamides is 1. The molecule has 3 rings (SSSR count). The normalized spacial score (nSPS) is 22.5. The minimum Gasteiger partial charge on any atom is -0.339 e. The van der Waals surface area contributed by atoms with Crippen molar-refractivity contribution in [1.29, 1.82) is 0 Å². The molecule has 27 heavy (non-hydrogen) atoms. The van der Waals surface area contributed by atoms with E-state index < -0.39 is 16.1 Å². The molecule has 2 heterocycles. The van der Waals surface area contributed by atoms with Gasteiger partial charge in [0.15, 0.2) is 0 Å². The molecule has 2 aliphatic heterocycles. The van der Waals surface area contributed by atoms with Gasteiger partial charge in [-0.2, -0.15) is 4.31 Å². The lowest BCUT2D eigenvalue weighted by Gasteiger charge is -2.37. The molecule has 1 unspecified atom stereocenters. The summed E-state index contributed by atoms with van der Waals surface area (Å²) in [6.07, 6.45) is 2.59. The quantitative estimate of drug-likeness (QED) is 0.766. The lowest BCUT2D eigenvalue weighted by atomic mass is 10.0. The van der Waals surface area contributed by atoms with Gasteiger partial charge in [0.05, 0.1) is 6.26 Å². The lowest BCUT2D eigenvalue weighted by Crippen LogP contribution is -2.54. The van der Waals surface area contributed by atoms with Crippen LogP contribution in [0.1, 0.15) is 43.7 Å². The highest BCUT2D eigenvalue weighted by Gasteiger charge is 2.39. The van der Waals surface area contributed by atoms with Gasteiger partial charge in [-0.3, -0.25) is 9.69 Å². The first kappa shape index (κ1) is 20.3. The summed E-state index contributed by atoms with van der Waals surface area (Å²) < 4.78 is 25.2. The fourth-order valence-electron chi connectivity index (χ4n) is 3.99. The molecule has 150 valence electrons. The highest BCUT2D eigenvalue weighted by molar-refractivity contribution is 7.88. The molecule has 0 bridgehead atoms. The first-order valence-electron chi connectivity index (χ1n) is 9.82. The molecule has 1 atom stereocenters. The maximum atomic E-state index is 12.8. The van der Waals surface area contributed by atoms with E-state index in [4.69, 9.17) is 0 Å². The van der Waals surface area contributed by atoms with Crippen LogP contribution in [0.15, 0.2) is 24.3 Å². The molecule has 7 heteroatoms. The zero-order valence-corrected chi connectivity index (χ0v) is 17.4. The van der Waals surface area contributed by atoms with Gasteiger partial charge in [-0.05, 0) is 29.9 Å². The average Bonchev–Trinajstić information content (AvgIpc) is 3.12. The van der Waals surface area contributed by atoms with Crippen molar-refractivity contribution in [3.05, 3.63) is 35.4 Å². The van der Waals surface area contributed by atoms with Crippen LogP contribution in [-0.4, -0.2) is 73.5 Å². The molecule has 1 aromatic rings. The van der Waals surface area contributed by atoms with Crippen molar-refractivity contribution in [2.24, 2.45) is 0 Å². The minimum absolute atomic E-state index is 0.0288. The second kappa shape index (κ2) is 8.29. The standard InChI is InChI=1S/C20H31N3O3S/c1-16(2)18-8-6-17(7-9-18)15-21-11-13-22(14-12-21)20(24)19-5-4-10-23(19)27(3,25)26/h6-9,16,19H,4-5,10-15H2,1-3H3. The topological polar surface area (TPSA) is 60.9 Å². The number of amides is 1. The van der Waals surface area contributed by atoms with Gasteiger partial charge in [0.1, 0.15) is 6.04 Å². The molecule has 0 aliphatic carbocycles. The van der Waals surface area contributed by atoms with E-state index in [1.165, 1.54) is 21.7 Å². The number of benzene rings is 1. The third kappa shape index (κ3) is 4.89. The molecule has 0 spiro atoms. The Labute approximate surface area is 163 Å². The number of carbonyl (C=O) groups is 1. The molecule has 1 aromatic carbocycles. The first-order valence-corrected chi connectivity index (χ1v) is 11.7. The van der Waals surface area contributed by atoms with Crippen molar-refractivity contribution in [3.63, 3.8) is 0 Å². The van der Waals surface area contributed by atoms with Crippen LogP contribution in [0.25, 0.3) is 0 Å². The van der Waals surface area contributed by atoms with E-state index in [9.17, 15) is 13.2 Å². The Hall–Kier alpha value is -1.44. The Balaban J connectivity index is 1.53. The number of hydrogen-bond acceptors (Lipinski definition) is 4. The second-order valence-electron chi connectivity index (χ2n) is 8.03. The summed E-state index contributed by atoms with van der Waals surface area (Å²) in [5.74, 6) is 0.509. The van der Waals surface area contributed by atoms with Crippen LogP contribution in [0.5, 0.6) is 0 Å². The Morgan fingerprint density at radius 3 is 2.26 bits per heavy atom. The predicted molar refractivity (Wildman–Crippen MR) is 107 cm³/mol. The Morgan fingerprint density at radius 2 is 1.70 bits per heavy atom. The van der Waals surface area contributed by atoms with Gasteiger partial charge >= 0.3 is 0 Å². The van der Waals surface area contributed by atoms with Crippen LogP contribution in [0.4, 0.5) is 0 Å². The number of carbonyl (C=O) groups excluding carboxylic acids is 1. The molecular weight excluding hydrogens is 362 g/mol. The van der Waals surface area contributed by atoms with Crippen LogP contribution in [0.2, 0.25) is 0 Å². The number of nitrogens with zero attached hydrogens (tertiary/aromatic N) is 3. The van der Waals surface area contributed by atoms with Crippen molar-refractivity contribution in [2.45, 2.75) is 45.2 Å². The maximum Gasteiger partial charge on any atom is 0.241 e. The van der Waals surface area contributed by atoms with Crippen molar-refractivity contribution >= 4 is 15.9 Å². The van der Waals surface area contributed by atoms with Crippen LogP contribution in [0, 0.1) is 0 Å². The largest absolute Gasteiger partial charge is 0.339 e. The van der Waals surface area contributed by atoms with Crippen LogP contribution < -0.4 is 0 Å². The number of hydrogen-bond donors (Lipinski definition) is 0. The number of rotatable bonds is 5. The summed E-state index contributed by atoms with van der Waals surface area (Å²) in [5, 5.41) is 0. The van der Waals surface area contributed by atoms with Gasteiger partial charge < -0.3 is 4.90 Å². The van der Waals surface area contributed by atoms with E-state index in [-0.39, 0.29) is 5.91 Å². The molecule has 0 aromatic heterocycles. The predicted octanol–water partition coefficient (Wildman–Crippen LogP) is 1.88. The molecule has 2 saturated heterocycles. The molecule has 0 saturated carbocycles. The van der Waals surface area contributed by atoms with E-state index in [1.807, 2.05) is 4.90 Å². The van der Waals surface area contributed by atoms with Gasteiger partial charge in [0.2, 0.25) is 15.9 Å². The zero-order valence-electron chi connectivity index (χ0n) is 16.6. The minimum atomic E-state index is -3.32. The SMILES string of the molecule is CC(C)c1ccc(CN2CCN(C(=O)C3CCCN3S(C)(=O)=O)CC2)cc1. The van der Waals surface area contributed by atoms with E-state index in [2.05, 4.69) is 43.0 Å². The Morgan fingerprint density at radius 1 is 1.07 bits per heavy atom. The van der Waals surface area contributed by atoms with Gasteiger partial charge in [0.25, 0.3) is 0 Å². The van der Waals surface area contributed by atoms with Crippen LogP contribution >= 0.6 is 0 Å². The highest BCUT2D eigenvalue weighted by Crippen LogP contribution is 2.23. The fraction of sp³-hybridized carbons (Fsp3) is 0.650. The summed E-state index contributed by atoms with van der Waals surface area (Å²) in [4.78, 5) is 17.0. The van der Waals surface area contributed by atoms with Gasteiger partial charge in [-0.25, -0.2) is 8.42 Å². The smallest absolute Gasteiger partial charge is 0.241 e. The molecule has 0 radical (unpaired) electrons. The van der Waals surface area contributed by atoms with E-state index in [0.29, 0.717) is 32.0 Å². The Kier molecular flexibility index (Phi) is 6.23. The van der Waals surface area contributed by atoms with Crippen molar-refractivity contribution in [3.8, 4) is 0 Å². The molecule has 6 nitrogen and oxygen atoms in total. The van der Waals surface area contributed by atoms with Crippen LogP contribution in [0.3, 0.4) is 0 Å². The third-order valence-electron chi connectivity index (χ3n) is 5.65. The zero-order chi connectivity index (χ0) is 19.6. The summed E-state index contributed by atoms with van der Waals surface area (Å²) in [6.45, 7) is 8.71. The van der Waals surface area contributed by atoms with Gasteiger partial charge in [-0.15, -0.1) is 0 Å². The summed E-state index contributed by atoms with van der Waals surface area (Å²) in [5.41, 5.74) is 2.64. The summed E-state index contributed by atoms with van der Waals surface area (Å²) >= 11 is 0. The van der Waals surface area contributed by atoms with Crippen LogP contribution in [-0.2, 0) is 21.4 Å². The molecule has 0 N–H and O–H groups in total. The maximum absolute atomic E-state index is 12.8. The van der Waals surface area contributed by atoms with Crippen molar-refractivity contribution < 1.29 is 13.2 Å². The first-order chi connectivity index (χ1) is 12.8. The van der Waals surface area contributed by atoms with Gasteiger partial charge in [0, 0.05) is 39.3 Å². The van der Waals surface area contributed by atoms with Gasteiger partial charge in [-0.1, -0.05) is 38.1 Å².